The summed E-state index contributed by atoms with van der Waals surface area (Å²) >= 11 is 6.31. The number of rotatable bonds is 3. The van der Waals surface area contributed by atoms with Crippen molar-refractivity contribution < 1.29 is 14.3 Å². The van der Waals surface area contributed by atoms with Crippen LogP contribution in [0.2, 0.25) is 5.02 Å². The number of carbonyl (C=O) groups is 2. The fraction of sp³-hybridized carbons (Fsp3) is 0.389. The minimum atomic E-state index is -0.374. The Morgan fingerprint density at radius 1 is 1.08 bits per heavy atom. The van der Waals surface area contributed by atoms with Crippen LogP contribution < -0.4 is 4.90 Å². The van der Waals surface area contributed by atoms with Crippen LogP contribution in [0.4, 0.5) is 5.82 Å². The zero-order valence-electron chi connectivity index (χ0n) is 13.3. The maximum atomic E-state index is 12.8. The lowest BCUT2D eigenvalue weighted by molar-refractivity contribution is -0.124. The average Bonchev–Trinajstić information content (AvgIpc) is 3.34. The second-order valence-electron chi connectivity index (χ2n) is 6.84. The second kappa shape index (κ2) is 5.41. The fourth-order valence-corrected chi connectivity index (χ4v) is 4.55. The molecule has 0 saturated carbocycles. The number of fused-ring (bicyclic) bond motifs is 5. The Kier molecular flexibility index (Phi) is 3.27. The molecule has 3 saturated heterocycles. The minimum Gasteiger partial charge on any atom is -0.373 e. The third-order valence-corrected chi connectivity index (χ3v) is 5.65. The van der Waals surface area contributed by atoms with Gasteiger partial charge in [0.1, 0.15) is 5.02 Å². The molecule has 3 aliphatic rings. The van der Waals surface area contributed by atoms with Crippen LogP contribution in [0.1, 0.15) is 18.4 Å². The fourth-order valence-electron chi connectivity index (χ4n) is 4.31. The summed E-state index contributed by atoms with van der Waals surface area (Å²) in [6.07, 6.45) is 3.07. The SMILES string of the molecule is O=C1[C@@H]2[C@@H](C(=O)N1c1nn(Cc3ccccc3)cc1Cl)[C@@H]1CC[C@@H]2O1. The topological polar surface area (TPSA) is 64.4 Å². The van der Waals surface area contributed by atoms with Gasteiger partial charge in [-0.2, -0.15) is 5.10 Å². The van der Waals surface area contributed by atoms with Crippen LogP contribution in [0, 0.1) is 11.8 Å². The Hall–Kier alpha value is -2.18. The van der Waals surface area contributed by atoms with Gasteiger partial charge in [0.25, 0.3) is 0 Å². The molecule has 128 valence electrons. The molecule has 2 aromatic rings. The van der Waals surface area contributed by atoms with Crippen LogP contribution in [0.25, 0.3) is 0 Å². The van der Waals surface area contributed by atoms with E-state index in [2.05, 4.69) is 5.10 Å². The molecular weight excluding hydrogens is 342 g/mol. The Labute approximate surface area is 149 Å². The van der Waals surface area contributed by atoms with E-state index in [9.17, 15) is 9.59 Å². The number of benzene rings is 1. The molecular formula is C18H16ClN3O3. The van der Waals surface area contributed by atoms with E-state index >= 15 is 0 Å². The average molecular weight is 358 g/mol. The van der Waals surface area contributed by atoms with E-state index in [-0.39, 0.29) is 41.7 Å². The highest BCUT2D eigenvalue weighted by molar-refractivity contribution is 6.35. The van der Waals surface area contributed by atoms with E-state index in [4.69, 9.17) is 16.3 Å². The van der Waals surface area contributed by atoms with Crippen molar-refractivity contribution in [2.24, 2.45) is 11.8 Å². The van der Waals surface area contributed by atoms with Crippen molar-refractivity contribution in [1.29, 1.82) is 0 Å². The van der Waals surface area contributed by atoms with E-state index in [1.54, 1.807) is 10.9 Å². The molecule has 3 aliphatic heterocycles. The highest BCUT2D eigenvalue weighted by Crippen LogP contribution is 2.49. The predicted molar refractivity (Wildman–Crippen MR) is 90.1 cm³/mol. The number of imide groups is 1. The van der Waals surface area contributed by atoms with Gasteiger partial charge in [-0.15, -0.1) is 0 Å². The van der Waals surface area contributed by atoms with Gasteiger partial charge in [-0.3, -0.25) is 14.3 Å². The molecule has 6 nitrogen and oxygen atoms in total. The molecule has 0 unspecified atom stereocenters. The number of amides is 2. The molecule has 2 bridgehead atoms. The van der Waals surface area contributed by atoms with E-state index in [0.29, 0.717) is 11.6 Å². The molecule has 0 N–H and O–H groups in total. The number of aromatic nitrogens is 2. The third-order valence-electron chi connectivity index (χ3n) is 5.38. The van der Waals surface area contributed by atoms with Gasteiger partial charge in [0.2, 0.25) is 11.8 Å². The number of anilines is 1. The van der Waals surface area contributed by atoms with Crippen molar-refractivity contribution in [3.63, 3.8) is 0 Å². The summed E-state index contributed by atoms with van der Waals surface area (Å²) in [6.45, 7) is 0.526. The zero-order chi connectivity index (χ0) is 17.1. The zero-order valence-corrected chi connectivity index (χ0v) is 14.1. The predicted octanol–water partition coefficient (Wildman–Crippen LogP) is 2.25. The van der Waals surface area contributed by atoms with Gasteiger partial charge in [0.05, 0.1) is 30.6 Å². The Morgan fingerprint density at radius 3 is 2.36 bits per heavy atom. The molecule has 0 radical (unpaired) electrons. The molecule has 2 amide bonds. The molecule has 1 aromatic heterocycles. The summed E-state index contributed by atoms with van der Waals surface area (Å²) in [6, 6.07) is 9.82. The van der Waals surface area contributed by atoms with Crippen LogP contribution >= 0.6 is 11.6 Å². The van der Waals surface area contributed by atoms with Gasteiger partial charge < -0.3 is 4.74 Å². The minimum absolute atomic E-state index is 0.137. The van der Waals surface area contributed by atoms with Crippen molar-refractivity contribution in [2.45, 2.75) is 31.6 Å². The maximum absolute atomic E-state index is 12.8. The van der Waals surface area contributed by atoms with Crippen molar-refractivity contribution >= 4 is 29.2 Å². The van der Waals surface area contributed by atoms with Crippen molar-refractivity contribution in [3.8, 4) is 0 Å². The molecule has 4 atom stereocenters. The highest BCUT2D eigenvalue weighted by Gasteiger charge is 2.63. The summed E-state index contributed by atoms with van der Waals surface area (Å²) < 4.78 is 7.41. The van der Waals surface area contributed by atoms with Crippen molar-refractivity contribution in [2.75, 3.05) is 4.90 Å². The monoisotopic (exact) mass is 357 g/mol. The second-order valence-corrected chi connectivity index (χ2v) is 7.24. The van der Waals surface area contributed by atoms with Gasteiger partial charge >= 0.3 is 0 Å². The summed E-state index contributed by atoms with van der Waals surface area (Å²) in [7, 11) is 0. The molecule has 5 rings (SSSR count). The summed E-state index contributed by atoms with van der Waals surface area (Å²) in [5.41, 5.74) is 1.07. The molecule has 0 aliphatic carbocycles. The van der Waals surface area contributed by atoms with Gasteiger partial charge in [0, 0.05) is 6.20 Å². The molecule has 7 heteroatoms. The van der Waals surface area contributed by atoms with E-state index in [1.165, 1.54) is 4.90 Å². The lowest BCUT2D eigenvalue weighted by atomic mass is 9.81. The first-order valence-electron chi connectivity index (χ1n) is 8.43. The summed E-state index contributed by atoms with van der Waals surface area (Å²) in [5, 5.41) is 4.72. The number of carbonyl (C=O) groups excluding carboxylic acids is 2. The number of nitrogens with zero attached hydrogens (tertiary/aromatic N) is 3. The molecule has 1 aromatic carbocycles. The van der Waals surface area contributed by atoms with Gasteiger partial charge in [-0.25, -0.2) is 4.90 Å². The first-order valence-corrected chi connectivity index (χ1v) is 8.81. The van der Waals surface area contributed by atoms with E-state index in [0.717, 1.165) is 18.4 Å². The normalized spacial score (nSPS) is 30.4. The largest absolute Gasteiger partial charge is 0.373 e. The lowest BCUT2D eigenvalue weighted by Gasteiger charge is -2.15. The van der Waals surface area contributed by atoms with Crippen molar-refractivity contribution in [1.82, 2.24) is 9.78 Å². The van der Waals surface area contributed by atoms with Crippen LogP contribution in [0.5, 0.6) is 0 Å². The van der Waals surface area contributed by atoms with E-state index in [1.807, 2.05) is 30.3 Å². The lowest BCUT2D eigenvalue weighted by Crippen LogP contribution is -2.34. The first-order chi connectivity index (χ1) is 12.1. The van der Waals surface area contributed by atoms with E-state index < -0.39 is 0 Å². The molecule has 3 fully saturated rings. The first kappa shape index (κ1) is 15.1. The molecule has 25 heavy (non-hydrogen) atoms. The number of halogens is 1. The van der Waals surface area contributed by atoms with Crippen LogP contribution in [0.15, 0.2) is 36.5 Å². The maximum Gasteiger partial charge on any atom is 0.241 e. The Bertz CT molecular complexity index is 838. The number of hydrogen-bond donors (Lipinski definition) is 0. The standard InChI is InChI=1S/C18H16ClN3O3/c19-11-9-21(8-10-4-2-1-3-5-10)20-16(11)22-17(23)14-12-6-7-13(25-12)15(14)18(22)24/h1-5,9,12-15H,6-8H2/t12-,13-,14-,15-/m0/s1. The smallest absolute Gasteiger partial charge is 0.241 e. The van der Waals surface area contributed by atoms with Gasteiger partial charge in [-0.1, -0.05) is 41.9 Å². The van der Waals surface area contributed by atoms with Crippen LogP contribution in [0.3, 0.4) is 0 Å². The van der Waals surface area contributed by atoms with Crippen molar-refractivity contribution in [3.05, 3.63) is 47.1 Å². The third kappa shape index (κ3) is 2.17. The quantitative estimate of drug-likeness (QED) is 0.790. The Balaban J connectivity index is 1.46. The molecule has 0 spiro atoms. The highest BCUT2D eigenvalue weighted by atomic mass is 35.5. The summed E-state index contributed by atoms with van der Waals surface area (Å²) in [4.78, 5) is 26.8. The van der Waals surface area contributed by atoms with Crippen LogP contribution in [-0.2, 0) is 20.9 Å². The Morgan fingerprint density at radius 2 is 1.72 bits per heavy atom. The van der Waals surface area contributed by atoms with Gasteiger partial charge in [0.15, 0.2) is 5.82 Å². The van der Waals surface area contributed by atoms with Gasteiger partial charge in [-0.05, 0) is 18.4 Å². The summed E-state index contributed by atoms with van der Waals surface area (Å²) in [5.74, 6) is -0.965. The number of hydrogen-bond acceptors (Lipinski definition) is 4. The van der Waals surface area contributed by atoms with Crippen LogP contribution in [-0.4, -0.2) is 33.8 Å². The number of ether oxygens (including phenoxy) is 1. The molecule has 4 heterocycles.